The van der Waals surface area contributed by atoms with E-state index in [0.717, 1.165) is 0 Å². The lowest BCUT2D eigenvalue weighted by Crippen LogP contribution is -1.60. The molecule has 0 amide bonds. The van der Waals surface area contributed by atoms with Crippen LogP contribution < -0.4 is 0 Å². The Hall–Kier alpha value is 0.610. The number of halogens is 1. The van der Waals surface area contributed by atoms with Gasteiger partial charge in [-0.3, -0.25) is 0 Å². The van der Waals surface area contributed by atoms with Crippen LogP contribution in [0.3, 0.4) is 0 Å². The van der Waals surface area contributed by atoms with Crippen LogP contribution >= 0.6 is 24.0 Å². The van der Waals surface area contributed by atoms with Gasteiger partial charge in [-0.25, -0.2) is 10.5 Å². The van der Waals surface area contributed by atoms with Crippen LogP contribution in [0.25, 0.3) is 0 Å². The smallest absolute Gasteiger partial charge is 0.0737 e. The summed E-state index contributed by atoms with van der Waals surface area (Å²) in [4.78, 5) is 0. The van der Waals surface area contributed by atoms with Crippen LogP contribution in [0.15, 0.2) is 0 Å². The highest BCUT2D eigenvalue weighted by atomic mass is 127. The van der Waals surface area contributed by atoms with Crippen molar-refractivity contribution in [2.45, 2.75) is 0 Å². The highest BCUT2D eigenvalue weighted by Crippen LogP contribution is 1.24. The van der Waals surface area contributed by atoms with E-state index in [9.17, 15) is 0 Å². The Labute approximate surface area is 40.1 Å². The molecule has 0 fully saturated rings. The predicted molar refractivity (Wildman–Crippen MR) is 21.8 cm³/mol. The monoisotopic (exact) mass is 178 g/mol. The first-order valence-electron chi connectivity index (χ1n) is 0.365. The summed E-state index contributed by atoms with van der Waals surface area (Å²) in [5.74, 6) is 0. The summed E-state index contributed by atoms with van der Waals surface area (Å²) in [6, 6.07) is 0. The Bertz CT molecular complexity index is 3.25. The lowest BCUT2D eigenvalue weighted by molar-refractivity contribution is -0.465. The van der Waals surface area contributed by atoms with Crippen molar-refractivity contribution in [3.8, 4) is 0 Å². The maximum Gasteiger partial charge on any atom is -0.0737 e. The van der Waals surface area contributed by atoms with E-state index in [-0.39, 0.29) is 24.0 Å². The van der Waals surface area contributed by atoms with Crippen LogP contribution in [0.4, 0.5) is 0 Å². The maximum atomic E-state index is 6.62. The molecule has 0 radical (unpaired) electrons. The predicted octanol–water partition coefficient (Wildman–Crippen LogP) is 0.567. The maximum absolute atomic E-state index is 6.62. The summed E-state index contributed by atoms with van der Waals surface area (Å²) in [5, 5.41) is 15.5. The highest BCUT2D eigenvalue weighted by molar-refractivity contribution is 14.0. The summed E-state index contributed by atoms with van der Waals surface area (Å²) in [6.07, 6.45) is 0. The van der Waals surface area contributed by atoms with E-state index in [1.807, 2.05) is 0 Å². The van der Waals surface area contributed by atoms with Crippen LogP contribution in [-0.4, -0.2) is 10.5 Å². The molecule has 3 nitrogen and oxygen atoms in total. The van der Waals surface area contributed by atoms with Crippen molar-refractivity contribution in [1.29, 1.82) is 0 Å². The molecule has 0 aliphatic carbocycles. The summed E-state index contributed by atoms with van der Waals surface area (Å²) in [5.41, 5.74) is 0. The second kappa shape index (κ2) is 9.49. The molecule has 0 unspecified atom stereocenters. The summed E-state index contributed by atoms with van der Waals surface area (Å²) in [7, 11) is 0. The Morgan fingerprint density at radius 3 is 1.25 bits per heavy atom. The molecule has 0 aliphatic rings. The first-order valence-corrected chi connectivity index (χ1v) is 0.365. The quantitative estimate of drug-likeness (QED) is 0.323. The number of hydrogen-bond donors (Lipinski definition) is 2. The summed E-state index contributed by atoms with van der Waals surface area (Å²) >= 11 is 0. The largest absolute Gasteiger partial charge is 0.221 e. The van der Waals surface area contributed by atoms with Crippen molar-refractivity contribution >= 4 is 24.0 Å². The Morgan fingerprint density at radius 1 is 1.25 bits per heavy atom. The van der Waals surface area contributed by atoms with Crippen LogP contribution in [-0.2, 0) is 5.04 Å². The first-order chi connectivity index (χ1) is 1.41. The Kier molecular flexibility index (Phi) is 20.9. The second-order valence-electron chi connectivity index (χ2n) is 0.0816. The van der Waals surface area contributed by atoms with Crippen molar-refractivity contribution in [2.75, 3.05) is 0 Å². The Balaban J connectivity index is 0. The normalized spacial score (nSPS) is 4.50. The van der Waals surface area contributed by atoms with Gasteiger partial charge in [0.15, 0.2) is 0 Å². The van der Waals surface area contributed by atoms with Gasteiger partial charge in [0, 0.05) is 0 Å². The van der Waals surface area contributed by atoms with Gasteiger partial charge >= 0.3 is 0 Å². The fourth-order valence-electron chi connectivity index (χ4n) is 0. The fourth-order valence-corrected chi connectivity index (χ4v) is 0. The molecular weight excluding hydrogens is 175 g/mol. The van der Waals surface area contributed by atoms with Gasteiger partial charge in [0.05, 0.1) is 0 Å². The lowest BCUT2D eigenvalue weighted by atomic mass is 14.6. The van der Waals surface area contributed by atoms with Crippen molar-refractivity contribution < 1.29 is 15.6 Å². The molecule has 2 N–H and O–H groups in total. The molecule has 0 saturated heterocycles. The van der Waals surface area contributed by atoms with E-state index < -0.39 is 0 Å². The van der Waals surface area contributed by atoms with E-state index in [1.54, 1.807) is 0 Å². The molecule has 0 aromatic heterocycles. The molecule has 4 heteroatoms. The summed E-state index contributed by atoms with van der Waals surface area (Å²) < 4.78 is 0. The molecule has 0 bridgehead atoms. The average molecular weight is 178 g/mol. The molecular formula is H3IO3. The molecule has 4 heavy (non-hydrogen) atoms. The van der Waals surface area contributed by atoms with Gasteiger partial charge in [-0.1, -0.05) is 5.04 Å². The second-order valence-corrected chi connectivity index (χ2v) is 0.0816. The van der Waals surface area contributed by atoms with Crippen LogP contribution in [0.2, 0.25) is 0 Å². The lowest BCUT2D eigenvalue weighted by Gasteiger charge is -1.56. The molecule has 0 aromatic carbocycles. The molecule has 0 rings (SSSR count). The third kappa shape index (κ3) is 18.2. The number of hydrogen-bond acceptors (Lipinski definition) is 3. The average Bonchev–Trinajstić information content (AvgIpc) is 0.918. The van der Waals surface area contributed by atoms with Crippen molar-refractivity contribution in [2.24, 2.45) is 0 Å². The third-order valence-electron chi connectivity index (χ3n) is 0. The molecule has 0 atom stereocenters. The van der Waals surface area contributed by atoms with E-state index in [1.165, 1.54) is 0 Å². The zero-order valence-electron chi connectivity index (χ0n) is 1.71. The topological polar surface area (TPSA) is 49.7 Å². The van der Waals surface area contributed by atoms with Gasteiger partial charge < -0.3 is 0 Å². The SMILES string of the molecule is I.OOO. The minimum Gasteiger partial charge on any atom is -0.221 e. The summed E-state index contributed by atoms with van der Waals surface area (Å²) in [6.45, 7) is 0. The molecule has 0 spiro atoms. The van der Waals surface area contributed by atoms with E-state index in [0.29, 0.717) is 0 Å². The van der Waals surface area contributed by atoms with E-state index >= 15 is 0 Å². The van der Waals surface area contributed by atoms with Gasteiger partial charge in [-0.15, -0.1) is 24.0 Å². The standard InChI is InChI=1S/HI.H2O3/c;1-3-2/h1H;1-2H. The van der Waals surface area contributed by atoms with Gasteiger partial charge in [0.1, 0.15) is 0 Å². The van der Waals surface area contributed by atoms with Crippen LogP contribution in [0, 0.1) is 0 Å². The fraction of sp³-hybridized carbons (Fsp3) is 0. The highest BCUT2D eigenvalue weighted by Gasteiger charge is 1.27. The van der Waals surface area contributed by atoms with Crippen molar-refractivity contribution in [3.05, 3.63) is 0 Å². The minimum absolute atomic E-state index is 0. The molecule has 0 heterocycles. The molecule has 28 valence electrons. The van der Waals surface area contributed by atoms with Crippen LogP contribution in [0.5, 0.6) is 0 Å². The van der Waals surface area contributed by atoms with E-state index in [4.69, 9.17) is 10.5 Å². The van der Waals surface area contributed by atoms with Gasteiger partial charge in [0.25, 0.3) is 0 Å². The van der Waals surface area contributed by atoms with Crippen molar-refractivity contribution in [1.82, 2.24) is 0 Å². The van der Waals surface area contributed by atoms with Crippen LogP contribution in [0.1, 0.15) is 0 Å². The zero-order valence-corrected chi connectivity index (χ0v) is 4.04. The number of rotatable bonds is 0. The molecule has 0 aliphatic heterocycles. The first kappa shape index (κ1) is 8.82. The van der Waals surface area contributed by atoms with Gasteiger partial charge in [-0.2, -0.15) is 0 Å². The van der Waals surface area contributed by atoms with Gasteiger partial charge in [0.2, 0.25) is 0 Å². The minimum atomic E-state index is 0. The molecule has 0 aromatic rings. The molecule has 0 saturated carbocycles. The Morgan fingerprint density at radius 2 is 1.25 bits per heavy atom. The third-order valence-corrected chi connectivity index (χ3v) is 0. The van der Waals surface area contributed by atoms with E-state index in [2.05, 4.69) is 5.04 Å². The van der Waals surface area contributed by atoms with Crippen molar-refractivity contribution in [3.63, 3.8) is 0 Å². The van der Waals surface area contributed by atoms with Gasteiger partial charge in [-0.05, 0) is 0 Å². The zero-order chi connectivity index (χ0) is 2.71.